The molecule has 1 unspecified atom stereocenters. The van der Waals surface area contributed by atoms with E-state index in [0.717, 1.165) is 16.7 Å². The molecule has 0 aliphatic rings. The van der Waals surface area contributed by atoms with Crippen molar-refractivity contribution in [2.75, 3.05) is 0 Å². The van der Waals surface area contributed by atoms with E-state index in [1.807, 2.05) is 26.0 Å². The Hall–Kier alpha value is -2.08. The minimum Gasteiger partial charge on any atom is -0.347 e. The fourth-order valence-corrected chi connectivity index (χ4v) is 1.78. The van der Waals surface area contributed by atoms with E-state index in [1.165, 1.54) is 0 Å². The molecule has 0 aliphatic heterocycles. The lowest BCUT2D eigenvalue weighted by Crippen LogP contribution is -2.03. The van der Waals surface area contributed by atoms with E-state index in [9.17, 15) is 5.26 Å². The van der Waals surface area contributed by atoms with Crippen LogP contribution in [0.25, 0.3) is 0 Å². The summed E-state index contributed by atoms with van der Waals surface area (Å²) >= 11 is 0. The SMILES string of the molecule is Cc1ccc(C)c(C(C#N)c2ncc[nH]2)c1. The van der Waals surface area contributed by atoms with Gasteiger partial charge in [-0.1, -0.05) is 23.8 Å². The lowest BCUT2D eigenvalue weighted by Gasteiger charge is -2.11. The highest BCUT2D eigenvalue weighted by Crippen LogP contribution is 2.24. The number of benzene rings is 1. The highest BCUT2D eigenvalue weighted by Gasteiger charge is 2.17. The van der Waals surface area contributed by atoms with Crippen LogP contribution in [0.1, 0.15) is 28.4 Å². The molecule has 2 aromatic rings. The van der Waals surface area contributed by atoms with Gasteiger partial charge >= 0.3 is 0 Å². The Morgan fingerprint density at radius 1 is 1.38 bits per heavy atom. The monoisotopic (exact) mass is 211 g/mol. The fraction of sp³-hybridized carbons (Fsp3) is 0.231. The number of rotatable bonds is 2. The molecule has 0 saturated carbocycles. The third-order valence-corrected chi connectivity index (χ3v) is 2.67. The predicted octanol–water partition coefficient (Wildman–Crippen LogP) is 2.68. The van der Waals surface area contributed by atoms with Crippen LogP contribution in [0.5, 0.6) is 0 Å². The molecule has 0 aliphatic carbocycles. The molecular formula is C13H13N3. The van der Waals surface area contributed by atoms with Gasteiger partial charge < -0.3 is 4.98 Å². The molecule has 1 aromatic heterocycles. The quantitative estimate of drug-likeness (QED) is 0.830. The van der Waals surface area contributed by atoms with Crippen molar-refractivity contribution in [1.82, 2.24) is 9.97 Å². The largest absolute Gasteiger partial charge is 0.347 e. The summed E-state index contributed by atoms with van der Waals surface area (Å²) in [6.45, 7) is 4.04. The number of nitrogens with zero attached hydrogens (tertiary/aromatic N) is 2. The molecular weight excluding hydrogens is 198 g/mol. The molecule has 0 fully saturated rings. The van der Waals surface area contributed by atoms with Gasteiger partial charge in [-0.3, -0.25) is 0 Å². The first-order valence-electron chi connectivity index (χ1n) is 5.18. The second-order valence-electron chi connectivity index (χ2n) is 3.90. The van der Waals surface area contributed by atoms with Crippen molar-refractivity contribution in [1.29, 1.82) is 5.26 Å². The van der Waals surface area contributed by atoms with E-state index in [0.29, 0.717) is 5.82 Å². The first-order valence-corrected chi connectivity index (χ1v) is 5.18. The van der Waals surface area contributed by atoms with Gasteiger partial charge in [0.05, 0.1) is 6.07 Å². The van der Waals surface area contributed by atoms with Crippen molar-refractivity contribution in [2.24, 2.45) is 0 Å². The zero-order chi connectivity index (χ0) is 11.5. The average Bonchev–Trinajstić information content (AvgIpc) is 2.78. The molecule has 1 atom stereocenters. The van der Waals surface area contributed by atoms with Crippen LogP contribution in [-0.2, 0) is 0 Å². The first kappa shape index (κ1) is 10.4. The number of aryl methyl sites for hydroxylation is 2. The van der Waals surface area contributed by atoms with E-state index in [2.05, 4.69) is 22.1 Å². The maximum atomic E-state index is 9.26. The Labute approximate surface area is 94.8 Å². The summed E-state index contributed by atoms with van der Waals surface area (Å²) in [5, 5.41) is 9.26. The van der Waals surface area contributed by atoms with Gasteiger partial charge in [0.15, 0.2) is 0 Å². The molecule has 3 nitrogen and oxygen atoms in total. The van der Waals surface area contributed by atoms with Gasteiger partial charge in [0, 0.05) is 12.4 Å². The topological polar surface area (TPSA) is 52.5 Å². The number of nitrogens with one attached hydrogen (secondary N) is 1. The molecule has 1 heterocycles. The Balaban J connectivity index is 2.50. The van der Waals surface area contributed by atoms with Crippen molar-refractivity contribution in [3.8, 4) is 6.07 Å². The summed E-state index contributed by atoms with van der Waals surface area (Å²) in [4.78, 5) is 7.16. The number of H-pyrrole nitrogens is 1. The maximum absolute atomic E-state index is 9.26. The lowest BCUT2D eigenvalue weighted by molar-refractivity contribution is 0.915. The molecule has 0 spiro atoms. The van der Waals surface area contributed by atoms with E-state index in [1.54, 1.807) is 12.4 Å². The van der Waals surface area contributed by atoms with Gasteiger partial charge in [-0.25, -0.2) is 4.98 Å². The summed E-state index contributed by atoms with van der Waals surface area (Å²) in [5.41, 5.74) is 3.30. The van der Waals surface area contributed by atoms with E-state index < -0.39 is 0 Å². The lowest BCUT2D eigenvalue weighted by atomic mass is 9.94. The van der Waals surface area contributed by atoms with Gasteiger partial charge in [-0.15, -0.1) is 0 Å². The van der Waals surface area contributed by atoms with Crippen molar-refractivity contribution >= 4 is 0 Å². The normalized spacial score (nSPS) is 12.1. The van der Waals surface area contributed by atoms with Crippen molar-refractivity contribution < 1.29 is 0 Å². The standard InChI is InChI=1S/C13H13N3/c1-9-3-4-10(2)11(7-9)12(8-14)13-15-5-6-16-13/h3-7,12H,1-2H3,(H,15,16). The number of imidazole rings is 1. The van der Waals surface area contributed by atoms with Crippen LogP contribution < -0.4 is 0 Å². The molecule has 0 saturated heterocycles. The smallest absolute Gasteiger partial charge is 0.129 e. The number of aromatic amines is 1. The van der Waals surface area contributed by atoms with Crippen molar-refractivity contribution in [2.45, 2.75) is 19.8 Å². The maximum Gasteiger partial charge on any atom is 0.129 e. The molecule has 80 valence electrons. The fourth-order valence-electron chi connectivity index (χ4n) is 1.78. The second kappa shape index (κ2) is 4.19. The Morgan fingerprint density at radius 2 is 2.19 bits per heavy atom. The zero-order valence-electron chi connectivity index (χ0n) is 9.36. The highest BCUT2D eigenvalue weighted by molar-refractivity contribution is 5.40. The van der Waals surface area contributed by atoms with Crippen LogP contribution in [0.2, 0.25) is 0 Å². The van der Waals surface area contributed by atoms with Crippen molar-refractivity contribution in [3.63, 3.8) is 0 Å². The van der Waals surface area contributed by atoms with Gasteiger partial charge in [-0.05, 0) is 25.0 Å². The average molecular weight is 211 g/mol. The summed E-state index contributed by atoms with van der Waals surface area (Å²) in [5.74, 6) is 0.395. The third-order valence-electron chi connectivity index (χ3n) is 2.67. The molecule has 0 amide bonds. The third kappa shape index (κ3) is 1.82. The summed E-state index contributed by atoms with van der Waals surface area (Å²) < 4.78 is 0. The molecule has 3 heteroatoms. The first-order chi connectivity index (χ1) is 7.72. The minimum atomic E-state index is -0.310. The zero-order valence-corrected chi connectivity index (χ0v) is 9.36. The Bertz CT molecular complexity index is 521. The summed E-state index contributed by atoms with van der Waals surface area (Å²) in [6.07, 6.45) is 3.41. The van der Waals surface area contributed by atoms with Crippen LogP contribution in [0, 0.1) is 25.2 Å². The molecule has 16 heavy (non-hydrogen) atoms. The molecule has 0 radical (unpaired) electrons. The second-order valence-corrected chi connectivity index (χ2v) is 3.90. The molecule has 0 bridgehead atoms. The van der Waals surface area contributed by atoms with Crippen LogP contribution >= 0.6 is 0 Å². The van der Waals surface area contributed by atoms with Gasteiger partial charge in [0.2, 0.25) is 0 Å². The highest BCUT2D eigenvalue weighted by atomic mass is 14.9. The van der Waals surface area contributed by atoms with Gasteiger partial charge in [-0.2, -0.15) is 5.26 Å². The van der Waals surface area contributed by atoms with E-state index >= 15 is 0 Å². The van der Waals surface area contributed by atoms with Gasteiger partial charge in [0.25, 0.3) is 0 Å². The summed E-state index contributed by atoms with van der Waals surface area (Å²) in [6, 6.07) is 8.43. The number of aromatic nitrogens is 2. The molecule has 1 aromatic carbocycles. The molecule has 2 rings (SSSR count). The van der Waals surface area contributed by atoms with Gasteiger partial charge in [0.1, 0.15) is 11.7 Å². The van der Waals surface area contributed by atoms with Crippen LogP contribution in [-0.4, -0.2) is 9.97 Å². The predicted molar refractivity (Wildman–Crippen MR) is 62.0 cm³/mol. The van der Waals surface area contributed by atoms with Crippen molar-refractivity contribution in [3.05, 3.63) is 53.1 Å². The molecule has 1 N–H and O–H groups in total. The Morgan fingerprint density at radius 3 is 2.81 bits per heavy atom. The minimum absolute atomic E-state index is 0.310. The number of hydrogen-bond donors (Lipinski definition) is 1. The van der Waals surface area contributed by atoms with E-state index in [-0.39, 0.29) is 5.92 Å². The summed E-state index contributed by atoms with van der Waals surface area (Å²) in [7, 11) is 0. The van der Waals surface area contributed by atoms with Crippen LogP contribution in [0.4, 0.5) is 0 Å². The van der Waals surface area contributed by atoms with Crippen LogP contribution in [0.3, 0.4) is 0 Å². The van der Waals surface area contributed by atoms with Crippen LogP contribution in [0.15, 0.2) is 30.6 Å². The number of hydrogen-bond acceptors (Lipinski definition) is 2. The number of nitriles is 1. The van der Waals surface area contributed by atoms with E-state index in [4.69, 9.17) is 0 Å². The Kier molecular flexibility index (Phi) is 2.74.